The van der Waals surface area contributed by atoms with E-state index in [-0.39, 0.29) is 23.1 Å². The number of carbonyl (C=O) groups is 1. The van der Waals surface area contributed by atoms with E-state index in [0.717, 1.165) is 10.3 Å². The molecular formula is C19H23ClN4O3. The Morgan fingerprint density at radius 1 is 1.19 bits per heavy atom. The lowest BCUT2D eigenvalue weighted by Gasteiger charge is -2.34. The third-order valence-corrected chi connectivity index (χ3v) is 5.25. The van der Waals surface area contributed by atoms with E-state index in [9.17, 15) is 14.4 Å². The van der Waals surface area contributed by atoms with Crippen molar-refractivity contribution in [2.45, 2.75) is 26.3 Å². The van der Waals surface area contributed by atoms with Crippen LogP contribution in [0.5, 0.6) is 0 Å². The summed E-state index contributed by atoms with van der Waals surface area (Å²) in [6.07, 6.45) is 1.32. The lowest BCUT2D eigenvalue weighted by atomic mass is 9.95. The van der Waals surface area contributed by atoms with Crippen LogP contribution in [-0.4, -0.2) is 28.1 Å². The van der Waals surface area contributed by atoms with Gasteiger partial charge in [-0.1, -0.05) is 11.6 Å². The van der Waals surface area contributed by atoms with E-state index in [0.29, 0.717) is 43.3 Å². The Morgan fingerprint density at radius 2 is 1.81 bits per heavy atom. The Bertz CT molecular complexity index is 941. The van der Waals surface area contributed by atoms with Gasteiger partial charge < -0.3 is 10.2 Å². The molecule has 27 heavy (non-hydrogen) atoms. The highest BCUT2D eigenvalue weighted by Crippen LogP contribution is 2.23. The summed E-state index contributed by atoms with van der Waals surface area (Å²) in [6, 6.07) is 8.52. The summed E-state index contributed by atoms with van der Waals surface area (Å²) < 4.78 is 2.70. The zero-order chi connectivity index (χ0) is 19.6. The van der Waals surface area contributed by atoms with Crippen molar-refractivity contribution in [1.29, 1.82) is 0 Å². The Hall–Kier alpha value is -2.54. The van der Waals surface area contributed by atoms with E-state index in [1.54, 1.807) is 28.8 Å². The average Bonchev–Trinajstić information content (AvgIpc) is 2.68. The molecule has 0 aliphatic carbocycles. The van der Waals surface area contributed by atoms with Crippen LogP contribution in [0.15, 0.2) is 39.9 Å². The van der Waals surface area contributed by atoms with E-state index in [1.807, 2.05) is 11.8 Å². The average molecular weight is 391 g/mol. The number of nitrogens with one attached hydrogen (secondary N) is 1. The molecule has 7 nitrogen and oxygen atoms in total. The van der Waals surface area contributed by atoms with Crippen LogP contribution in [-0.2, 0) is 18.4 Å². The maximum Gasteiger partial charge on any atom is 0.332 e. The number of amides is 1. The molecule has 0 radical (unpaired) electrons. The van der Waals surface area contributed by atoms with Crippen LogP contribution < -0.4 is 21.5 Å². The molecule has 1 saturated heterocycles. The van der Waals surface area contributed by atoms with Gasteiger partial charge >= 0.3 is 5.69 Å². The van der Waals surface area contributed by atoms with Crippen molar-refractivity contribution in [3.63, 3.8) is 0 Å². The molecule has 1 fully saturated rings. The van der Waals surface area contributed by atoms with Gasteiger partial charge in [-0.2, -0.15) is 0 Å². The Labute approximate surface area is 162 Å². The fourth-order valence-corrected chi connectivity index (χ4v) is 3.49. The number of anilines is 2. The smallest absolute Gasteiger partial charge is 0.332 e. The molecule has 1 N–H and O–H groups in total. The van der Waals surface area contributed by atoms with Crippen LogP contribution in [0.1, 0.15) is 19.8 Å². The van der Waals surface area contributed by atoms with E-state index in [2.05, 4.69) is 5.32 Å². The Kier molecular flexibility index (Phi) is 5.70. The van der Waals surface area contributed by atoms with Crippen LogP contribution in [0, 0.1) is 5.92 Å². The first kappa shape index (κ1) is 19.2. The zero-order valence-electron chi connectivity index (χ0n) is 15.4. The zero-order valence-corrected chi connectivity index (χ0v) is 16.2. The topological polar surface area (TPSA) is 76.3 Å². The molecule has 1 amide bonds. The molecule has 144 valence electrons. The van der Waals surface area contributed by atoms with Gasteiger partial charge in [-0.05, 0) is 44.0 Å². The molecule has 0 spiro atoms. The molecule has 1 aliphatic rings. The van der Waals surface area contributed by atoms with Gasteiger partial charge in [-0.25, -0.2) is 4.79 Å². The van der Waals surface area contributed by atoms with Crippen molar-refractivity contribution in [2.75, 3.05) is 23.3 Å². The molecule has 1 aliphatic heterocycles. The summed E-state index contributed by atoms with van der Waals surface area (Å²) in [6.45, 7) is 3.59. The first-order chi connectivity index (χ1) is 12.9. The molecule has 3 rings (SSSR count). The highest BCUT2D eigenvalue weighted by atomic mass is 35.5. The SMILES string of the molecule is CCn1c(N2CCC(C(=O)Nc3ccc(Cl)cc3)CC2)cc(=O)n(C)c1=O. The molecule has 0 unspecified atom stereocenters. The summed E-state index contributed by atoms with van der Waals surface area (Å²) in [7, 11) is 1.48. The van der Waals surface area contributed by atoms with Gasteiger partial charge in [0.2, 0.25) is 5.91 Å². The molecule has 0 saturated carbocycles. The lowest BCUT2D eigenvalue weighted by Crippen LogP contribution is -2.44. The Morgan fingerprint density at radius 3 is 2.41 bits per heavy atom. The maximum atomic E-state index is 12.5. The van der Waals surface area contributed by atoms with Gasteiger partial charge in [-0.15, -0.1) is 0 Å². The molecule has 0 atom stereocenters. The number of aromatic nitrogens is 2. The fraction of sp³-hybridized carbons (Fsp3) is 0.421. The minimum atomic E-state index is -0.317. The second-order valence-electron chi connectivity index (χ2n) is 6.68. The third-order valence-electron chi connectivity index (χ3n) is 5.00. The number of piperidine rings is 1. The largest absolute Gasteiger partial charge is 0.358 e. The van der Waals surface area contributed by atoms with E-state index < -0.39 is 0 Å². The molecule has 2 aromatic rings. The number of carbonyl (C=O) groups excluding carboxylic acids is 1. The Balaban J connectivity index is 1.69. The van der Waals surface area contributed by atoms with Crippen LogP contribution in [0.3, 0.4) is 0 Å². The summed E-state index contributed by atoms with van der Waals surface area (Å²) in [5.41, 5.74) is 0.0862. The second kappa shape index (κ2) is 8.00. The fourth-order valence-electron chi connectivity index (χ4n) is 3.37. The predicted molar refractivity (Wildman–Crippen MR) is 107 cm³/mol. The van der Waals surface area contributed by atoms with Crippen LogP contribution in [0.25, 0.3) is 0 Å². The highest BCUT2D eigenvalue weighted by Gasteiger charge is 2.27. The van der Waals surface area contributed by atoms with Gasteiger partial charge in [-0.3, -0.25) is 18.7 Å². The van der Waals surface area contributed by atoms with E-state index >= 15 is 0 Å². The summed E-state index contributed by atoms with van der Waals surface area (Å²) in [4.78, 5) is 38.8. The van der Waals surface area contributed by atoms with Crippen molar-refractivity contribution in [3.05, 3.63) is 56.2 Å². The van der Waals surface area contributed by atoms with Gasteiger partial charge in [0.05, 0.1) is 0 Å². The predicted octanol–water partition coefficient (Wildman–Crippen LogP) is 2.08. The molecule has 1 aromatic heterocycles. The number of rotatable bonds is 4. The quantitative estimate of drug-likeness (QED) is 0.867. The highest BCUT2D eigenvalue weighted by molar-refractivity contribution is 6.30. The van der Waals surface area contributed by atoms with Crippen molar-refractivity contribution < 1.29 is 4.79 Å². The molecule has 1 aromatic carbocycles. The number of nitrogens with zero attached hydrogens (tertiary/aromatic N) is 3. The summed E-state index contributed by atoms with van der Waals surface area (Å²) in [5.74, 6) is 0.501. The second-order valence-corrected chi connectivity index (χ2v) is 7.12. The van der Waals surface area contributed by atoms with Gasteiger partial charge in [0, 0.05) is 49.4 Å². The van der Waals surface area contributed by atoms with E-state index in [1.165, 1.54) is 13.1 Å². The molecular weight excluding hydrogens is 368 g/mol. The number of halogens is 1. The van der Waals surface area contributed by atoms with Crippen LogP contribution in [0.2, 0.25) is 5.02 Å². The summed E-state index contributed by atoms with van der Waals surface area (Å²) >= 11 is 5.86. The van der Waals surface area contributed by atoms with Crippen LogP contribution >= 0.6 is 11.6 Å². The summed E-state index contributed by atoms with van der Waals surface area (Å²) in [5, 5.41) is 3.54. The van der Waals surface area contributed by atoms with Crippen molar-refractivity contribution >= 4 is 29.0 Å². The van der Waals surface area contributed by atoms with Gasteiger partial charge in [0.15, 0.2) is 0 Å². The number of hydrogen-bond acceptors (Lipinski definition) is 4. The number of hydrogen-bond donors (Lipinski definition) is 1. The molecule has 0 bridgehead atoms. The van der Waals surface area contributed by atoms with E-state index in [4.69, 9.17) is 11.6 Å². The first-order valence-electron chi connectivity index (χ1n) is 9.03. The van der Waals surface area contributed by atoms with Gasteiger partial charge in [0.25, 0.3) is 5.56 Å². The monoisotopic (exact) mass is 390 g/mol. The van der Waals surface area contributed by atoms with Crippen molar-refractivity contribution in [1.82, 2.24) is 9.13 Å². The molecule has 2 heterocycles. The van der Waals surface area contributed by atoms with Gasteiger partial charge in [0.1, 0.15) is 5.82 Å². The first-order valence-corrected chi connectivity index (χ1v) is 9.40. The maximum absolute atomic E-state index is 12.5. The van der Waals surface area contributed by atoms with Crippen molar-refractivity contribution in [2.24, 2.45) is 13.0 Å². The molecule has 8 heteroatoms. The minimum Gasteiger partial charge on any atom is -0.358 e. The third kappa shape index (κ3) is 4.08. The normalized spacial score (nSPS) is 15.0. The van der Waals surface area contributed by atoms with Crippen molar-refractivity contribution in [3.8, 4) is 0 Å². The minimum absolute atomic E-state index is 0.0196. The lowest BCUT2D eigenvalue weighted by molar-refractivity contribution is -0.120. The number of benzene rings is 1. The van der Waals surface area contributed by atoms with Crippen LogP contribution in [0.4, 0.5) is 11.5 Å². The standard InChI is InChI=1S/C19H23ClN4O3/c1-3-24-16(12-17(25)22(2)19(24)27)23-10-8-13(9-11-23)18(26)21-15-6-4-14(20)5-7-15/h4-7,12-13H,3,8-11H2,1-2H3,(H,21,26).